The number of carbonyl (C=O) groups is 1. The summed E-state index contributed by atoms with van der Waals surface area (Å²) in [5.74, 6) is -0.962. The zero-order valence-corrected chi connectivity index (χ0v) is 17.3. The molecule has 0 atom stereocenters. The standard InChI is InChI=1S/C23H24N4O3/c1-4-27-21-18(13-25-26(21)3)20-15(11-14(2)12-17(20)22(27)28)9-10-24-19-8-6-5-7-16(19)23(29)30/h5-8,11-13,24H,4,9-10H2,1-3H3,(H,29,30). The first kappa shape index (κ1) is 19.7. The monoisotopic (exact) mass is 404 g/mol. The van der Waals surface area contributed by atoms with E-state index in [2.05, 4.69) is 16.5 Å². The van der Waals surface area contributed by atoms with Crippen molar-refractivity contribution in [2.75, 3.05) is 11.9 Å². The predicted octanol–water partition coefficient (Wildman–Crippen LogP) is 3.57. The number of aromatic carboxylic acids is 1. The van der Waals surface area contributed by atoms with Crippen LogP contribution < -0.4 is 10.9 Å². The summed E-state index contributed by atoms with van der Waals surface area (Å²) in [7, 11) is 1.85. The van der Waals surface area contributed by atoms with Gasteiger partial charge in [-0.2, -0.15) is 5.10 Å². The van der Waals surface area contributed by atoms with Crippen molar-refractivity contribution in [1.82, 2.24) is 14.3 Å². The molecule has 4 rings (SSSR count). The van der Waals surface area contributed by atoms with Crippen molar-refractivity contribution >= 4 is 33.5 Å². The Morgan fingerprint density at radius 1 is 1.20 bits per heavy atom. The number of pyridine rings is 1. The summed E-state index contributed by atoms with van der Waals surface area (Å²) < 4.78 is 3.50. The summed E-state index contributed by atoms with van der Waals surface area (Å²) in [6.07, 6.45) is 2.46. The number of benzene rings is 2. The quantitative estimate of drug-likeness (QED) is 0.513. The Hall–Kier alpha value is -3.61. The minimum Gasteiger partial charge on any atom is -0.478 e. The summed E-state index contributed by atoms with van der Waals surface area (Å²) >= 11 is 0. The molecule has 7 nitrogen and oxygen atoms in total. The van der Waals surface area contributed by atoms with E-state index in [1.165, 1.54) is 0 Å². The van der Waals surface area contributed by atoms with E-state index in [-0.39, 0.29) is 11.1 Å². The Morgan fingerprint density at radius 2 is 1.97 bits per heavy atom. The lowest BCUT2D eigenvalue weighted by molar-refractivity contribution is 0.0698. The Bertz CT molecular complexity index is 1330. The van der Waals surface area contributed by atoms with Crippen LogP contribution in [0.4, 0.5) is 5.69 Å². The summed E-state index contributed by atoms with van der Waals surface area (Å²) in [5, 5.41) is 19.6. The second kappa shape index (κ2) is 7.67. The molecule has 0 saturated heterocycles. The van der Waals surface area contributed by atoms with Gasteiger partial charge in [0.1, 0.15) is 5.65 Å². The number of rotatable bonds is 6. The number of hydrogen-bond donors (Lipinski definition) is 2. The summed E-state index contributed by atoms with van der Waals surface area (Å²) in [6.45, 7) is 5.06. The number of aromatic nitrogens is 3. The van der Waals surface area contributed by atoms with Crippen LogP contribution in [0.25, 0.3) is 21.8 Å². The lowest BCUT2D eigenvalue weighted by Crippen LogP contribution is -2.22. The van der Waals surface area contributed by atoms with E-state index < -0.39 is 5.97 Å². The van der Waals surface area contributed by atoms with Crippen molar-refractivity contribution in [2.24, 2.45) is 7.05 Å². The molecule has 154 valence electrons. The van der Waals surface area contributed by atoms with Crippen LogP contribution in [0.1, 0.15) is 28.4 Å². The van der Waals surface area contributed by atoms with Gasteiger partial charge in [0.15, 0.2) is 0 Å². The van der Waals surface area contributed by atoms with E-state index in [1.807, 2.05) is 39.2 Å². The molecule has 0 radical (unpaired) electrons. The highest BCUT2D eigenvalue weighted by atomic mass is 16.4. The van der Waals surface area contributed by atoms with Crippen LogP contribution in [0, 0.1) is 6.92 Å². The van der Waals surface area contributed by atoms with Gasteiger partial charge in [-0.15, -0.1) is 0 Å². The number of nitrogens with zero attached hydrogens (tertiary/aromatic N) is 3. The van der Waals surface area contributed by atoms with E-state index in [1.54, 1.807) is 27.4 Å². The largest absolute Gasteiger partial charge is 0.478 e. The van der Waals surface area contributed by atoms with Crippen LogP contribution in [0.5, 0.6) is 0 Å². The molecule has 4 aromatic rings. The van der Waals surface area contributed by atoms with E-state index >= 15 is 0 Å². The van der Waals surface area contributed by atoms with Crippen LogP contribution in [-0.2, 0) is 20.0 Å². The average molecular weight is 404 g/mol. The fourth-order valence-corrected chi connectivity index (χ4v) is 4.16. The first-order valence-corrected chi connectivity index (χ1v) is 9.96. The van der Waals surface area contributed by atoms with Crippen LogP contribution in [-0.4, -0.2) is 32.0 Å². The Balaban J connectivity index is 1.79. The van der Waals surface area contributed by atoms with Crippen molar-refractivity contribution in [1.29, 1.82) is 0 Å². The van der Waals surface area contributed by atoms with Crippen molar-refractivity contribution < 1.29 is 9.90 Å². The second-order valence-corrected chi connectivity index (χ2v) is 7.43. The van der Waals surface area contributed by atoms with Crippen LogP contribution in [0.3, 0.4) is 0 Å². The van der Waals surface area contributed by atoms with Crippen molar-refractivity contribution in [3.8, 4) is 0 Å². The number of fused-ring (bicyclic) bond motifs is 3. The van der Waals surface area contributed by atoms with Gasteiger partial charge in [0.2, 0.25) is 0 Å². The normalized spacial score (nSPS) is 11.3. The van der Waals surface area contributed by atoms with E-state index in [0.29, 0.717) is 30.6 Å². The maximum absolute atomic E-state index is 13.2. The van der Waals surface area contributed by atoms with Crippen LogP contribution in [0.15, 0.2) is 47.4 Å². The van der Waals surface area contributed by atoms with Crippen molar-refractivity contribution in [3.05, 3.63) is 69.6 Å². The third-order valence-corrected chi connectivity index (χ3v) is 5.46. The molecular formula is C23H24N4O3. The molecule has 0 amide bonds. The summed E-state index contributed by atoms with van der Waals surface area (Å²) in [5.41, 5.74) is 3.69. The first-order chi connectivity index (χ1) is 14.4. The molecule has 0 saturated carbocycles. The fraction of sp³-hybridized carbons (Fsp3) is 0.261. The first-order valence-electron chi connectivity index (χ1n) is 9.96. The lowest BCUT2D eigenvalue weighted by Gasteiger charge is -2.14. The molecular weight excluding hydrogens is 380 g/mol. The van der Waals surface area contributed by atoms with E-state index in [9.17, 15) is 14.7 Å². The SMILES string of the molecule is CCn1c(=O)c2cc(C)cc(CCNc3ccccc3C(=O)O)c2c2cnn(C)c21. The Labute approximate surface area is 173 Å². The Kier molecular flexibility index (Phi) is 5.03. The molecule has 0 aliphatic carbocycles. The maximum atomic E-state index is 13.2. The number of nitrogens with one attached hydrogen (secondary N) is 1. The highest BCUT2D eigenvalue weighted by Gasteiger charge is 2.17. The number of aryl methyl sites for hydroxylation is 3. The van der Waals surface area contributed by atoms with Crippen LogP contribution in [0.2, 0.25) is 0 Å². The second-order valence-electron chi connectivity index (χ2n) is 7.43. The molecule has 0 spiro atoms. The lowest BCUT2D eigenvalue weighted by atomic mass is 9.98. The van der Waals surface area contributed by atoms with Gasteiger partial charge in [0.25, 0.3) is 5.56 Å². The molecule has 0 unspecified atom stereocenters. The van der Waals surface area contributed by atoms with Gasteiger partial charge in [0.05, 0.1) is 11.8 Å². The smallest absolute Gasteiger partial charge is 0.337 e. The number of carboxylic acid groups (broad SMARTS) is 1. The molecule has 0 aliphatic rings. The van der Waals surface area contributed by atoms with Gasteiger partial charge < -0.3 is 10.4 Å². The highest BCUT2D eigenvalue weighted by molar-refractivity contribution is 6.06. The van der Waals surface area contributed by atoms with Gasteiger partial charge in [-0.05, 0) is 44.0 Å². The van der Waals surface area contributed by atoms with Crippen molar-refractivity contribution in [3.63, 3.8) is 0 Å². The van der Waals surface area contributed by atoms with Gasteiger partial charge in [-0.3, -0.25) is 14.0 Å². The number of hydrogen-bond acceptors (Lipinski definition) is 4. The molecule has 2 aromatic carbocycles. The Morgan fingerprint density at radius 3 is 2.70 bits per heavy atom. The average Bonchev–Trinajstić information content (AvgIpc) is 3.10. The van der Waals surface area contributed by atoms with E-state index in [0.717, 1.165) is 27.5 Å². The molecule has 2 N–H and O–H groups in total. The molecule has 0 fully saturated rings. The highest BCUT2D eigenvalue weighted by Crippen LogP contribution is 2.28. The van der Waals surface area contributed by atoms with E-state index in [4.69, 9.17) is 0 Å². The minimum absolute atomic E-state index is 0.0160. The zero-order valence-electron chi connectivity index (χ0n) is 17.3. The van der Waals surface area contributed by atoms with Crippen molar-refractivity contribution in [2.45, 2.75) is 26.8 Å². The van der Waals surface area contributed by atoms with Gasteiger partial charge in [0, 0.05) is 42.0 Å². The third kappa shape index (κ3) is 3.22. The maximum Gasteiger partial charge on any atom is 0.337 e. The third-order valence-electron chi connectivity index (χ3n) is 5.46. The zero-order chi connectivity index (χ0) is 21.4. The van der Waals surface area contributed by atoms with Gasteiger partial charge >= 0.3 is 5.97 Å². The number of anilines is 1. The molecule has 30 heavy (non-hydrogen) atoms. The van der Waals surface area contributed by atoms with Gasteiger partial charge in [-0.1, -0.05) is 23.8 Å². The summed E-state index contributed by atoms with van der Waals surface area (Å²) in [4.78, 5) is 24.6. The molecule has 7 heteroatoms. The molecule has 2 heterocycles. The number of carboxylic acids is 1. The molecule has 2 aromatic heterocycles. The molecule has 0 bridgehead atoms. The van der Waals surface area contributed by atoms with Gasteiger partial charge in [-0.25, -0.2) is 4.79 Å². The van der Waals surface area contributed by atoms with Crippen LogP contribution >= 0.6 is 0 Å². The minimum atomic E-state index is -0.962. The topological polar surface area (TPSA) is 89.2 Å². The fourth-order valence-electron chi connectivity index (χ4n) is 4.16. The predicted molar refractivity (Wildman–Crippen MR) is 118 cm³/mol. The number of para-hydroxylation sites is 1. The summed E-state index contributed by atoms with van der Waals surface area (Å²) in [6, 6.07) is 10.9. The molecule has 0 aliphatic heterocycles.